The first-order chi connectivity index (χ1) is 8.22. The van der Waals surface area contributed by atoms with Gasteiger partial charge in [-0.1, -0.05) is 30.4 Å². The van der Waals surface area contributed by atoms with E-state index in [1.54, 1.807) is 13.8 Å². The summed E-state index contributed by atoms with van der Waals surface area (Å²) in [6.45, 7) is 7.69. The quantitative estimate of drug-likeness (QED) is 0.818. The molecule has 1 aromatic rings. The summed E-state index contributed by atoms with van der Waals surface area (Å²) in [4.78, 5) is 12.2. The molecule has 0 atom stereocenters. The number of amides is 1. The van der Waals surface area contributed by atoms with Crippen LogP contribution in [-0.4, -0.2) is 16.4 Å². The van der Waals surface area contributed by atoms with Gasteiger partial charge in [0.15, 0.2) is 0 Å². The average molecular weight is 264 g/mol. The largest absolute Gasteiger partial charge is 0.391 e. The SMILES string of the molecule is Cc1ccc(CC(=O)NC(C)(C)C(N)=S)cc1C. The molecular formula is C14H20N2OS. The van der Waals surface area contributed by atoms with Gasteiger partial charge in [-0.15, -0.1) is 0 Å². The monoisotopic (exact) mass is 264 g/mol. The Morgan fingerprint density at radius 1 is 1.33 bits per heavy atom. The predicted molar refractivity (Wildman–Crippen MR) is 78.6 cm³/mol. The van der Waals surface area contributed by atoms with Crippen LogP contribution in [0.5, 0.6) is 0 Å². The number of carbonyl (C=O) groups is 1. The summed E-state index contributed by atoms with van der Waals surface area (Å²) in [6, 6.07) is 6.02. The zero-order valence-corrected chi connectivity index (χ0v) is 12.1. The normalized spacial score (nSPS) is 11.1. The molecule has 0 aliphatic carbocycles. The highest BCUT2D eigenvalue weighted by Gasteiger charge is 2.23. The van der Waals surface area contributed by atoms with Gasteiger partial charge in [0.05, 0.1) is 16.9 Å². The molecule has 0 fully saturated rings. The van der Waals surface area contributed by atoms with Crippen LogP contribution >= 0.6 is 12.2 Å². The van der Waals surface area contributed by atoms with E-state index in [1.807, 2.05) is 25.1 Å². The van der Waals surface area contributed by atoms with Gasteiger partial charge < -0.3 is 11.1 Å². The Hall–Kier alpha value is -1.42. The third-order valence-electron chi connectivity index (χ3n) is 3.00. The Morgan fingerprint density at radius 3 is 2.44 bits per heavy atom. The standard InChI is InChI=1S/C14H20N2OS/c1-9-5-6-11(7-10(9)2)8-12(17)16-14(3,4)13(15)18/h5-7H,8H2,1-4H3,(H2,15,18)(H,16,17). The lowest BCUT2D eigenvalue weighted by molar-refractivity contribution is -0.121. The number of aryl methyl sites for hydroxylation is 2. The lowest BCUT2D eigenvalue weighted by Crippen LogP contribution is -2.52. The molecule has 0 heterocycles. The number of carbonyl (C=O) groups excluding carboxylic acids is 1. The van der Waals surface area contributed by atoms with Gasteiger partial charge in [0.1, 0.15) is 0 Å². The van der Waals surface area contributed by atoms with E-state index in [2.05, 4.69) is 12.2 Å². The Balaban J connectivity index is 2.71. The number of hydrogen-bond donors (Lipinski definition) is 2. The highest BCUT2D eigenvalue weighted by Crippen LogP contribution is 2.11. The number of thiocarbonyl (C=S) groups is 1. The maximum atomic E-state index is 11.9. The Kier molecular flexibility index (Phi) is 4.46. The van der Waals surface area contributed by atoms with Crippen LogP contribution in [0, 0.1) is 13.8 Å². The van der Waals surface area contributed by atoms with Crippen LogP contribution in [0.3, 0.4) is 0 Å². The van der Waals surface area contributed by atoms with Crippen LogP contribution in [0.4, 0.5) is 0 Å². The Bertz CT molecular complexity index is 481. The first kappa shape index (κ1) is 14.6. The molecule has 4 heteroatoms. The van der Waals surface area contributed by atoms with Crippen LogP contribution in [0.2, 0.25) is 0 Å². The molecule has 18 heavy (non-hydrogen) atoms. The van der Waals surface area contributed by atoms with E-state index in [4.69, 9.17) is 18.0 Å². The number of nitrogens with two attached hydrogens (primary N) is 1. The smallest absolute Gasteiger partial charge is 0.225 e. The molecule has 0 unspecified atom stereocenters. The number of benzene rings is 1. The minimum Gasteiger partial charge on any atom is -0.391 e. The molecule has 0 aromatic heterocycles. The van der Waals surface area contributed by atoms with Crippen molar-refractivity contribution in [3.8, 4) is 0 Å². The van der Waals surface area contributed by atoms with E-state index in [0.717, 1.165) is 5.56 Å². The topological polar surface area (TPSA) is 55.1 Å². The van der Waals surface area contributed by atoms with Crippen molar-refractivity contribution in [1.29, 1.82) is 0 Å². The van der Waals surface area contributed by atoms with Crippen molar-refractivity contribution in [2.45, 2.75) is 39.7 Å². The van der Waals surface area contributed by atoms with Crippen LogP contribution in [0.25, 0.3) is 0 Å². The van der Waals surface area contributed by atoms with Crippen molar-refractivity contribution >= 4 is 23.1 Å². The fraction of sp³-hybridized carbons (Fsp3) is 0.429. The van der Waals surface area contributed by atoms with Crippen LogP contribution in [0.1, 0.15) is 30.5 Å². The van der Waals surface area contributed by atoms with Crippen LogP contribution in [-0.2, 0) is 11.2 Å². The molecule has 0 saturated carbocycles. The molecule has 0 bridgehead atoms. The van der Waals surface area contributed by atoms with Gasteiger partial charge in [0.25, 0.3) is 0 Å². The first-order valence-electron chi connectivity index (χ1n) is 5.89. The zero-order valence-electron chi connectivity index (χ0n) is 11.3. The highest BCUT2D eigenvalue weighted by atomic mass is 32.1. The van der Waals surface area contributed by atoms with E-state index in [1.165, 1.54) is 11.1 Å². The second-order valence-electron chi connectivity index (χ2n) is 5.13. The minimum atomic E-state index is -0.647. The van der Waals surface area contributed by atoms with E-state index < -0.39 is 5.54 Å². The summed E-state index contributed by atoms with van der Waals surface area (Å²) in [7, 11) is 0. The van der Waals surface area contributed by atoms with E-state index >= 15 is 0 Å². The second kappa shape index (κ2) is 5.48. The maximum Gasteiger partial charge on any atom is 0.225 e. The molecule has 98 valence electrons. The van der Waals surface area contributed by atoms with Gasteiger partial charge in [-0.2, -0.15) is 0 Å². The van der Waals surface area contributed by atoms with Gasteiger partial charge in [-0.3, -0.25) is 4.79 Å². The van der Waals surface area contributed by atoms with Crippen molar-refractivity contribution in [2.24, 2.45) is 5.73 Å². The maximum absolute atomic E-state index is 11.9. The molecule has 0 aliphatic heterocycles. The Morgan fingerprint density at radius 2 is 1.94 bits per heavy atom. The summed E-state index contributed by atoms with van der Waals surface area (Å²) in [5, 5.41) is 2.83. The summed E-state index contributed by atoms with van der Waals surface area (Å²) in [5.41, 5.74) is 8.33. The third kappa shape index (κ3) is 3.81. The van der Waals surface area contributed by atoms with Crippen molar-refractivity contribution in [3.63, 3.8) is 0 Å². The predicted octanol–water partition coefficient (Wildman–Crippen LogP) is 2.03. The van der Waals surface area contributed by atoms with Crippen molar-refractivity contribution in [3.05, 3.63) is 34.9 Å². The number of rotatable bonds is 4. The van der Waals surface area contributed by atoms with Crippen LogP contribution < -0.4 is 11.1 Å². The summed E-state index contributed by atoms with van der Waals surface area (Å²) in [6.07, 6.45) is 0.340. The van der Waals surface area contributed by atoms with Gasteiger partial charge in [-0.05, 0) is 44.4 Å². The molecule has 3 N–H and O–H groups in total. The molecule has 0 radical (unpaired) electrons. The lowest BCUT2D eigenvalue weighted by Gasteiger charge is -2.24. The minimum absolute atomic E-state index is 0.0731. The molecule has 0 spiro atoms. The second-order valence-corrected chi connectivity index (χ2v) is 5.57. The van der Waals surface area contributed by atoms with E-state index in [9.17, 15) is 4.79 Å². The molecular weight excluding hydrogens is 244 g/mol. The number of nitrogens with one attached hydrogen (secondary N) is 1. The molecule has 1 amide bonds. The lowest BCUT2D eigenvalue weighted by atomic mass is 10.0. The molecule has 1 aromatic carbocycles. The number of hydrogen-bond acceptors (Lipinski definition) is 2. The van der Waals surface area contributed by atoms with E-state index in [0.29, 0.717) is 6.42 Å². The zero-order chi connectivity index (χ0) is 13.9. The van der Waals surface area contributed by atoms with Gasteiger partial charge >= 0.3 is 0 Å². The van der Waals surface area contributed by atoms with Gasteiger partial charge in [0, 0.05) is 0 Å². The third-order valence-corrected chi connectivity index (χ3v) is 3.51. The molecule has 0 aliphatic rings. The fourth-order valence-corrected chi connectivity index (χ4v) is 1.60. The average Bonchev–Trinajstić information content (AvgIpc) is 2.22. The van der Waals surface area contributed by atoms with Gasteiger partial charge in [0.2, 0.25) is 5.91 Å². The summed E-state index contributed by atoms with van der Waals surface area (Å²) < 4.78 is 0. The highest BCUT2D eigenvalue weighted by molar-refractivity contribution is 7.80. The molecule has 1 rings (SSSR count). The molecule has 3 nitrogen and oxygen atoms in total. The van der Waals surface area contributed by atoms with Gasteiger partial charge in [-0.25, -0.2) is 0 Å². The van der Waals surface area contributed by atoms with Crippen molar-refractivity contribution < 1.29 is 4.79 Å². The van der Waals surface area contributed by atoms with Crippen molar-refractivity contribution in [1.82, 2.24) is 5.32 Å². The Labute approximate surface area is 114 Å². The fourth-order valence-electron chi connectivity index (χ4n) is 1.55. The summed E-state index contributed by atoms with van der Waals surface area (Å²) >= 11 is 4.92. The molecule has 0 saturated heterocycles. The van der Waals surface area contributed by atoms with Crippen LogP contribution in [0.15, 0.2) is 18.2 Å². The summed E-state index contributed by atoms with van der Waals surface area (Å²) in [5.74, 6) is -0.0731. The first-order valence-corrected chi connectivity index (χ1v) is 6.30. The van der Waals surface area contributed by atoms with Crippen molar-refractivity contribution in [2.75, 3.05) is 0 Å². The van der Waals surface area contributed by atoms with E-state index in [-0.39, 0.29) is 10.9 Å².